The van der Waals surface area contributed by atoms with Crippen LogP contribution < -0.4 is 4.72 Å². The van der Waals surface area contributed by atoms with Crippen molar-refractivity contribution in [2.75, 3.05) is 6.61 Å². The fourth-order valence-corrected chi connectivity index (χ4v) is 2.97. The number of rotatable bonds is 5. The third-order valence-electron chi connectivity index (χ3n) is 2.69. The van der Waals surface area contributed by atoms with Crippen LogP contribution in [0.1, 0.15) is 18.1 Å². The predicted octanol–water partition coefficient (Wildman–Crippen LogP) is 0.871. The van der Waals surface area contributed by atoms with E-state index >= 15 is 0 Å². The van der Waals surface area contributed by atoms with Gasteiger partial charge < -0.3 is 5.11 Å². The van der Waals surface area contributed by atoms with Crippen LogP contribution in [0.5, 0.6) is 0 Å². The Balaban J connectivity index is 3.40. The molecule has 1 aromatic rings. The summed E-state index contributed by atoms with van der Waals surface area (Å²) in [5, 5.41) is 19.8. The SMILES string of the molecule is Cc1cc([N+](=O)[O-])c(S(=O)(=O)N[C@@H](C)CO)cc1C. The first-order valence-corrected chi connectivity index (χ1v) is 7.06. The van der Waals surface area contributed by atoms with Crippen molar-refractivity contribution < 1.29 is 18.4 Å². The lowest BCUT2D eigenvalue weighted by Gasteiger charge is -2.13. The number of aliphatic hydroxyl groups is 1. The molecule has 0 aromatic heterocycles. The molecule has 106 valence electrons. The molecule has 0 radical (unpaired) electrons. The smallest absolute Gasteiger partial charge is 0.289 e. The molecule has 1 atom stereocenters. The van der Waals surface area contributed by atoms with Crippen molar-refractivity contribution >= 4 is 15.7 Å². The van der Waals surface area contributed by atoms with E-state index in [0.29, 0.717) is 11.1 Å². The molecule has 0 heterocycles. The van der Waals surface area contributed by atoms with E-state index in [1.165, 1.54) is 19.1 Å². The summed E-state index contributed by atoms with van der Waals surface area (Å²) in [5.74, 6) is 0. The second kappa shape index (κ2) is 5.64. The van der Waals surface area contributed by atoms with E-state index in [4.69, 9.17) is 5.11 Å². The topological polar surface area (TPSA) is 110 Å². The van der Waals surface area contributed by atoms with Crippen LogP contribution >= 0.6 is 0 Å². The van der Waals surface area contributed by atoms with Gasteiger partial charge in [0.2, 0.25) is 10.0 Å². The van der Waals surface area contributed by atoms with Gasteiger partial charge in [0, 0.05) is 12.1 Å². The number of aliphatic hydroxyl groups excluding tert-OH is 1. The number of benzene rings is 1. The van der Waals surface area contributed by atoms with Gasteiger partial charge in [-0.3, -0.25) is 10.1 Å². The van der Waals surface area contributed by atoms with Crippen LogP contribution in [0.3, 0.4) is 0 Å². The molecule has 0 aliphatic rings. The monoisotopic (exact) mass is 288 g/mol. The Hall–Kier alpha value is -1.51. The van der Waals surface area contributed by atoms with Crippen molar-refractivity contribution in [3.05, 3.63) is 33.4 Å². The van der Waals surface area contributed by atoms with Gasteiger partial charge in [-0.1, -0.05) is 0 Å². The third-order valence-corrected chi connectivity index (χ3v) is 4.31. The van der Waals surface area contributed by atoms with Gasteiger partial charge in [0.15, 0.2) is 4.90 Å². The van der Waals surface area contributed by atoms with Crippen molar-refractivity contribution in [2.24, 2.45) is 0 Å². The Labute approximate surface area is 111 Å². The van der Waals surface area contributed by atoms with Crippen molar-refractivity contribution in [3.63, 3.8) is 0 Å². The number of hydrogen-bond acceptors (Lipinski definition) is 5. The first-order valence-electron chi connectivity index (χ1n) is 5.58. The fourth-order valence-electron chi connectivity index (χ4n) is 1.50. The molecule has 0 spiro atoms. The van der Waals surface area contributed by atoms with E-state index in [1.807, 2.05) is 0 Å². The minimum Gasteiger partial charge on any atom is -0.395 e. The van der Waals surface area contributed by atoms with Gasteiger partial charge in [0.05, 0.1) is 11.5 Å². The normalized spacial score (nSPS) is 13.3. The van der Waals surface area contributed by atoms with Crippen molar-refractivity contribution in [1.82, 2.24) is 4.72 Å². The van der Waals surface area contributed by atoms with Crippen LogP contribution in [0.15, 0.2) is 17.0 Å². The van der Waals surface area contributed by atoms with E-state index in [9.17, 15) is 18.5 Å². The molecule has 0 aliphatic carbocycles. The van der Waals surface area contributed by atoms with Crippen LogP contribution in [-0.2, 0) is 10.0 Å². The van der Waals surface area contributed by atoms with Crippen LogP contribution in [0.2, 0.25) is 0 Å². The van der Waals surface area contributed by atoms with Crippen LogP contribution in [0.4, 0.5) is 5.69 Å². The molecular formula is C11H16N2O5S. The molecule has 1 rings (SSSR count). The zero-order valence-corrected chi connectivity index (χ0v) is 11.7. The maximum Gasteiger partial charge on any atom is 0.289 e. The van der Waals surface area contributed by atoms with Gasteiger partial charge in [0.25, 0.3) is 5.69 Å². The van der Waals surface area contributed by atoms with Crippen LogP contribution in [-0.4, -0.2) is 31.1 Å². The Morgan fingerprint density at radius 3 is 2.37 bits per heavy atom. The van der Waals surface area contributed by atoms with E-state index in [0.717, 1.165) is 0 Å². The quantitative estimate of drug-likeness (QED) is 0.617. The van der Waals surface area contributed by atoms with E-state index < -0.39 is 33.3 Å². The molecule has 0 amide bonds. The lowest BCUT2D eigenvalue weighted by molar-refractivity contribution is -0.387. The summed E-state index contributed by atoms with van der Waals surface area (Å²) in [5.41, 5.74) is 0.809. The van der Waals surface area contributed by atoms with Gasteiger partial charge in [-0.15, -0.1) is 0 Å². The number of aryl methyl sites for hydroxylation is 2. The molecule has 0 fully saturated rings. The number of nitro benzene ring substituents is 1. The minimum absolute atomic E-state index is 0.388. The summed E-state index contributed by atoms with van der Waals surface area (Å²) in [7, 11) is -4.04. The maximum absolute atomic E-state index is 12.1. The molecule has 1 aromatic carbocycles. The highest BCUT2D eigenvalue weighted by atomic mass is 32.2. The van der Waals surface area contributed by atoms with Crippen LogP contribution in [0, 0.1) is 24.0 Å². The maximum atomic E-state index is 12.1. The summed E-state index contributed by atoms with van der Waals surface area (Å²) in [6.45, 7) is 4.42. The van der Waals surface area contributed by atoms with Gasteiger partial charge >= 0.3 is 0 Å². The zero-order valence-electron chi connectivity index (χ0n) is 10.9. The average molecular weight is 288 g/mol. The number of nitrogens with one attached hydrogen (secondary N) is 1. The van der Waals surface area contributed by atoms with Crippen LogP contribution in [0.25, 0.3) is 0 Å². The molecule has 0 bridgehead atoms. The largest absolute Gasteiger partial charge is 0.395 e. The second-order valence-electron chi connectivity index (χ2n) is 4.37. The lowest BCUT2D eigenvalue weighted by atomic mass is 10.1. The molecule has 2 N–H and O–H groups in total. The predicted molar refractivity (Wildman–Crippen MR) is 69.4 cm³/mol. The Morgan fingerprint density at radius 2 is 1.89 bits per heavy atom. The first kappa shape index (κ1) is 15.5. The molecule has 8 heteroatoms. The number of nitro groups is 1. The lowest BCUT2D eigenvalue weighted by Crippen LogP contribution is -2.35. The molecule has 0 aliphatic heterocycles. The van der Waals surface area contributed by atoms with E-state index in [1.54, 1.807) is 13.8 Å². The summed E-state index contributed by atoms with van der Waals surface area (Å²) >= 11 is 0. The Morgan fingerprint density at radius 1 is 1.37 bits per heavy atom. The molecule has 19 heavy (non-hydrogen) atoms. The molecular weight excluding hydrogens is 272 g/mol. The summed E-state index contributed by atoms with van der Waals surface area (Å²) < 4.78 is 26.3. The fraction of sp³-hybridized carbons (Fsp3) is 0.455. The number of sulfonamides is 1. The Bertz CT molecular complexity index is 597. The summed E-state index contributed by atoms with van der Waals surface area (Å²) in [6, 6.07) is 1.78. The average Bonchev–Trinajstić information content (AvgIpc) is 2.30. The highest BCUT2D eigenvalue weighted by Crippen LogP contribution is 2.27. The van der Waals surface area contributed by atoms with Gasteiger partial charge in [-0.25, -0.2) is 13.1 Å². The highest BCUT2D eigenvalue weighted by Gasteiger charge is 2.27. The van der Waals surface area contributed by atoms with Gasteiger partial charge in [-0.05, 0) is 38.0 Å². The standard InChI is InChI=1S/C11H16N2O5S/c1-7-4-10(13(15)16)11(5-8(7)2)19(17,18)12-9(3)6-14/h4-5,9,12,14H,6H2,1-3H3/t9-/m0/s1. The summed E-state index contributed by atoms with van der Waals surface area (Å²) in [4.78, 5) is 9.83. The number of nitrogens with zero attached hydrogens (tertiary/aromatic N) is 1. The highest BCUT2D eigenvalue weighted by molar-refractivity contribution is 7.89. The van der Waals surface area contributed by atoms with E-state index in [-0.39, 0.29) is 4.90 Å². The first-order chi connectivity index (χ1) is 8.69. The molecule has 0 unspecified atom stereocenters. The number of hydrogen-bond donors (Lipinski definition) is 2. The van der Waals surface area contributed by atoms with Crippen molar-refractivity contribution in [3.8, 4) is 0 Å². The van der Waals surface area contributed by atoms with Crippen molar-refractivity contribution in [2.45, 2.75) is 31.7 Å². The van der Waals surface area contributed by atoms with Gasteiger partial charge in [0.1, 0.15) is 0 Å². The molecule has 0 saturated carbocycles. The third kappa shape index (κ3) is 3.49. The zero-order chi connectivity index (χ0) is 14.8. The second-order valence-corrected chi connectivity index (χ2v) is 6.05. The minimum atomic E-state index is -4.04. The summed E-state index contributed by atoms with van der Waals surface area (Å²) in [6.07, 6.45) is 0. The molecule has 7 nitrogen and oxygen atoms in total. The van der Waals surface area contributed by atoms with Gasteiger partial charge in [-0.2, -0.15) is 0 Å². The van der Waals surface area contributed by atoms with Crippen molar-refractivity contribution in [1.29, 1.82) is 0 Å². The Kier molecular flexibility index (Phi) is 4.61. The molecule has 0 saturated heterocycles. The van der Waals surface area contributed by atoms with E-state index in [2.05, 4.69) is 4.72 Å².